The molecule has 0 aliphatic rings. The van der Waals surface area contributed by atoms with Gasteiger partial charge >= 0.3 is 0 Å². The van der Waals surface area contributed by atoms with Crippen LogP contribution in [0.3, 0.4) is 0 Å². The first-order valence-corrected chi connectivity index (χ1v) is 11.6. The largest absolute Gasteiger partial charge is 0.482 e. The van der Waals surface area contributed by atoms with E-state index in [0.29, 0.717) is 36.2 Å². The normalized spacial score (nSPS) is 11.8. The number of carbonyl (C=O) groups is 2. The van der Waals surface area contributed by atoms with Gasteiger partial charge in [-0.2, -0.15) is 0 Å². The van der Waals surface area contributed by atoms with E-state index in [1.807, 2.05) is 52.0 Å². The van der Waals surface area contributed by atoms with Crippen LogP contribution in [-0.2, 0) is 16.1 Å². The molecule has 0 radical (unpaired) electrons. The molecule has 0 bridgehead atoms. The van der Waals surface area contributed by atoms with Gasteiger partial charge in [-0.15, -0.1) is 0 Å². The maximum Gasteiger partial charge on any atom is 0.261 e. The molecule has 31 heavy (non-hydrogen) atoms. The van der Waals surface area contributed by atoms with Crippen molar-refractivity contribution in [2.45, 2.75) is 46.7 Å². The zero-order valence-corrected chi connectivity index (χ0v) is 20.8. The summed E-state index contributed by atoms with van der Waals surface area (Å²) in [6.07, 6.45) is 0.501. The summed E-state index contributed by atoms with van der Waals surface area (Å²) in [5.74, 6) is 0.321. The highest BCUT2D eigenvalue weighted by Gasteiger charge is 2.29. The van der Waals surface area contributed by atoms with Gasteiger partial charge in [0.25, 0.3) is 5.91 Å². The highest BCUT2D eigenvalue weighted by molar-refractivity contribution is 9.10. The Morgan fingerprint density at radius 1 is 1.19 bits per heavy atom. The molecule has 1 atom stereocenters. The van der Waals surface area contributed by atoms with Gasteiger partial charge in [0.15, 0.2) is 6.61 Å². The lowest BCUT2D eigenvalue weighted by molar-refractivity contribution is -0.143. The SMILES string of the molecule is CC[C@H](C(=O)NCC(C)C)N(Cc1cccc(C)c1)C(=O)COc1ccc(Br)cc1Cl. The number of carbonyl (C=O) groups excluding carboxylic acids is 2. The van der Waals surface area contributed by atoms with Crippen LogP contribution in [-0.4, -0.2) is 35.9 Å². The zero-order valence-electron chi connectivity index (χ0n) is 18.5. The Bertz CT molecular complexity index is 904. The minimum atomic E-state index is -0.587. The number of nitrogens with one attached hydrogen (secondary N) is 1. The fraction of sp³-hybridized carbons (Fsp3) is 0.417. The summed E-state index contributed by atoms with van der Waals surface area (Å²) in [6, 6.07) is 12.5. The molecule has 2 aromatic rings. The standard InChI is InChI=1S/C24H30BrClN2O3/c1-5-21(24(30)27-13-16(2)3)28(14-18-8-6-7-17(4)11-18)23(29)15-31-22-10-9-19(25)12-20(22)26/h6-12,16,21H,5,13-15H2,1-4H3,(H,27,30)/t21-/m1/s1. The molecule has 0 heterocycles. The molecule has 0 aliphatic heterocycles. The lowest BCUT2D eigenvalue weighted by Crippen LogP contribution is -2.50. The third-order valence-corrected chi connectivity index (χ3v) is 5.54. The molecule has 1 N–H and O–H groups in total. The van der Waals surface area contributed by atoms with E-state index in [1.165, 1.54) is 0 Å². The molecule has 0 saturated heterocycles. The minimum absolute atomic E-state index is 0.154. The molecule has 5 nitrogen and oxygen atoms in total. The van der Waals surface area contributed by atoms with Gasteiger partial charge in [0.1, 0.15) is 11.8 Å². The van der Waals surface area contributed by atoms with Crippen LogP contribution in [0.25, 0.3) is 0 Å². The topological polar surface area (TPSA) is 58.6 Å². The van der Waals surface area contributed by atoms with E-state index >= 15 is 0 Å². The van der Waals surface area contributed by atoms with E-state index < -0.39 is 6.04 Å². The van der Waals surface area contributed by atoms with Crippen LogP contribution in [0.2, 0.25) is 5.02 Å². The Balaban J connectivity index is 2.21. The summed E-state index contributed by atoms with van der Waals surface area (Å²) in [7, 11) is 0. The minimum Gasteiger partial charge on any atom is -0.482 e. The van der Waals surface area contributed by atoms with Gasteiger partial charge in [-0.3, -0.25) is 9.59 Å². The molecule has 0 fully saturated rings. The lowest BCUT2D eigenvalue weighted by atomic mass is 10.1. The molecule has 2 rings (SSSR count). The molecule has 2 aromatic carbocycles. The highest BCUT2D eigenvalue weighted by Crippen LogP contribution is 2.28. The fourth-order valence-corrected chi connectivity index (χ4v) is 3.89. The molecule has 0 unspecified atom stereocenters. The Labute approximate surface area is 198 Å². The van der Waals surface area contributed by atoms with E-state index in [0.717, 1.165) is 15.6 Å². The first-order chi connectivity index (χ1) is 14.7. The van der Waals surface area contributed by atoms with Crippen molar-refractivity contribution in [3.63, 3.8) is 0 Å². The maximum absolute atomic E-state index is 13.2. The first kappa shape index (κ1) is 25.2. The van der Waals surface area contributed by atoms with Crippen LogP contribution in [0, 0.1) is 12.8 Å². The van der Waals surface area contributed by atoms with Crippen LogP contribution in [0.4, 0.5) is 0 Å². The summed E-state index contributed by atoms with van der Waals surface area (Å²) in [5.41, 5.74) is 2.06. The third-order valence-electron chi connectivity index (χ3n) is 4.75. The number of nitrogens with zero attached hydrogens (tertiary/aromatic N) is 1. The van der Waals surface area contributed by atoms with Gasteiger partial charge < -0.3 is 15.0 Å². The Kier molecular flexibility index (Phi) is 9.85. The molecule has 168 valence electrons. The number of benzene rings is 2. The highest BCUT2D eigenvalue weighted by atomic mass is 79.9. The average molecular weight is 510 g/mol. The maximum atomic E-state index is 13.2. The van der Waals surface area contributed by atoms with Crippen molar-refractivity contribution in [3.05, 3.63) is 63.1 Å². The van der Waals surface area contributed by atoms with Gasteiger partial charge in [-0.1, -0.05) is 78.1 Å². The number of rotatable bonds is 10. The molecule has 0 aromatic heterocycles. The molecular weight excluding hydrogens is 480 g/mol. The lowest BCUT2D eigenvalue weighted by Gasteiger charge is -2.31. The van der Waals surface area contributed by atoms with Crippen LogP contribution in [0.15, 0.2) is 46.9 Å². The van der Waals surface area contributed by atoms with Crippen LogP contribution < -0.4 is 10.1 Å². The number of amides is 2. The predicted octanol–water partition coefficient (Wildman–Crippen LogP) is 5.37. The monoisotopic (exact) mass is 508 g/mol. The van der Waals surface area contributed by atoms with Gasteiger partial charge in [0.05, 0.1) is 5.02 Å². The number of hydrogen-bond acceptors (Lipinski definition) is 3. The van der Waals surface area contributed by atoms with Gasteiger partial charge in [0.2, 0.25) is 5.91 Å². The molecule has 0 aliphatic carbocycles. The molecule has 7 heteroatoms. The smallest absolute Gasteiger partial charge is 0.261 e. The fourth-order valence-electron chi connectivity index (χ4n) is 3.16. The van der Waals surface area contributed by atoms with Crippen molar-refractivity contribution >= 4 is 39.3 Å². The third kappa shape index (κ3) is 7.86. The number of hydrogen-bond donors (Lipinski definition) is 1. The van der Waals surface area contributed by atoms with E-state index in [1.54, 1.807) is 23.1 Å². The summed E-state index contributed by atoms with van der Waals surface area (Å²) >= 11 is 9.56. The molecule has 0 spiro atoms. The van der Waals surface area contributed by atoms with Crippen molar-refractivity contribution in [1.82, 2.24) is 10.2 Å². The van der Waals surface area contributed by atoms with Gasteiger partial charge in [-0.25, -0.2) is 0 Å². The van der Waals surface area contributed by atoms with Crippen molar-refractivity contribution in [3.8, 4) is 5.75 Å². The van der Waals surface area contributed by atoms with Crippen LogP contribution >= 0.6 is 27.5 Å². The van der Waals surface area contributed by atoms with Crippen molar-refractivity contribution < 1.29 is 14.3 Å². The second-order valence-corrected chi connectivity index (χ2v) is 9.26. The molecule has 0 saturated carbocycles. The summed E-state index contributed by atoms with van der Waals surface area (Å²) in [5, 5.41) is 3.37. The Hall–Kier alpha value is -2.05. The number of ether oxygens (including phenoxy) is 1. The van der Waals surface area contributed by atoms with Gasteiger partial charge in [-0.05, 0) is 43.0 Å². The van der Waals surface area contributed by atoms with E-state index in [9.17, 15) is 9.59 Å². The number of aryl methyl sites for hydroxylation is 1. The van der Waals surface area contributed by atoms with E-state index in [-0.39, 0.29) is 18.4 Å². The second kappa shape index (κ2) is 12.1. The average Bonchev–Trinajstić information content (AvgIpc) is 2.71. The van der Waals surface area contributed by atoms with E-state index in [4.69, 9.17) is 16.3 Å². The summed E-state index contributed by atoms with van der Waals surface area (Å²) < 4.78 is 6.52. The summed E-state index contributed by atoms with van der Waals surface area (Å²) in [6.45, 7) is 8.66. The quantitative estimate of drug-likeness (QED) is 0.468. The van der Waals surface area contributed by atoms with E-state index in [2.05, 4.69) is 21.2 Å². The summed E-state index contributed by atoms with van der Waals surface area (Å²) in [4.78, 5) is 27.7. The Morgan fingerprint density at radius 2 is 1.94 bits per heavy atom. The Morgan fingerprint density at radius 3 is 2.55 bits per heavy atom. The van der Waals surface area contributed by atoms with Gasteiger partial charge in [0, 0.05) is 17.6 Å². The van der Waals surface area contributed by atoms with Crippen LogP contribution in [0.1, 0.15) is 38.3 Å². The predicted molar refractivity (Wildman–Crippen MR) is 128 cm³/mol. The van der Waals surface area contributed by atoms with Crippen LogP contribution in [0.5, 0.6) is 5.75 Å². The van der Waals surface area contributed by atoms with Crippen molar-refractivity contribution in [1.29, 1.82) is 0 Å². The second-order valence-electron chi connectivity index (χ2n) is 7.94. The van der Waals surface area contributed by atoms with Crippen molar-refractivity contribution in [2.75, 3.05) is 13.2 Å². The first-order valence-electron chi connectivity index (χ1n) is 10.4. The molecular formula is C24H30BrClN2O3. The number of halogens is 2. The zero-order chi connectivity index (χ0) is 23.0. The molecule has 2 amide bonds. The van der Waals surface area contributed by atoms with Crippen molar-refractivity contribution in [2.24, 2.45) is 5.92 Å².